The van der Waals surface area contributed by atoms with Crippen molar-refractivity contribution in [2.45, 2.75) is 51.8 Å². The van der Waals surface area contributed by atoms with Crippen LogP contribution in [0.2, 0.25) is 0 Å². The Morgan fingerprint density at radius 2 is 2.22 bits per heavy atom. The molecular formula is C11H18N4O3. The van der Waals surface area contributed by atoms with E-state index in [-0.39, 0.29) is 5.91 Å². The third-order valence-corrected chi connectivity index (χ3v) is 2.62. The molecule has 1 heterocycles. The van der Waals surface area contributed by atoms with Gasteiger partial charge in [-0.1, -0.05) is 5.11 Å². The molecule has 0 aromatic heterocycles. The number of amides is 1. The minimum atomic E-state index is -0.695. The van der Waals surface area contributed by atoms with Gasteiger partial charge in [-0.3, -0.25) is 4.79 Å². The maximum absolute atomic E-state index is 11.9. The van der Waals surface area contributed by atoms with E-state index in [4.69, 9.17) is 10.3 Å². The van der Waals surface area contributed by atoms with E-state index in [1.54, 1.807) is 27.7 Å². The van der Waals surface area contributed by atoms with Gasteiger partial charge < -0.3 is 9.64 Å². The van der Waals surface area contributed by atoms with Crippen molar-refractivity contribution >= 4 is 11.9 Å². The lowest BCUT2D eigenvalue weighted by Gasteiger charge is -2.27. The summed E-state index contributed by atoms with van der Waals surface area (Å²) >= 11 is 0. The predicted molar refractivity (Wildman–Crippen MR) is 64.6 cm³/mol. The Kier molecular flexibility index (Phi) is 4.19. The van der Waals surface area contributed by atoms with E-state index in [0.29, 0.717) is 13.0 Å². The summed E-state index contributed by atoms with van der Waals surface area (Å²) in [5, 5.41) is 3.41. The van der Waals surface area contributed by atoms with Crippen molar-refractivity contribution in [2.75, 3.05) is 6.54 Å². The second kappa shape index (κ2) is 5.27. The van der Waals surface area contributed by atoms with Gasteiger partial charge >= 0.3 is 5.97 Å². The summed E-state index contributed by atoms with van der Waals surface area (Å²) in [7, 11) is 0. The van der Waals surface area contributed by atoms with Crippen molar-refractivity contribution in [1.29, 1.82) is 0 Å². The number of ether oxygens (including phenoxy) is 1. The zero-order valence-corrected chi connectivity index (χ0v) is 11.1. The van der Waals surface area contributed by atoms with Crippen molar-refractivity contribution < 1.29 is 14.3 Å². The van der Waals surface area contributed by atoms with Crippen molar-refractivity contribution in [3.63, 3.8) is 0 Å². The molecule has 1 saturated heterocycles. The molecule has 100 valence electrons. The molecule has 0 aromatic rings. The summed E-state index contributed by atoms with van der Waals surface area (Å²) in [5.41, 5.74) is 7.74. The zero-order valence-electron chi connectivity index (χ0n) is 11.1. The van der Waals surface area contributed by atoms with Gasteiger partial charge in [-0.05, 0) is 39.6 Å². The standard InChI is InChI=1S/C11H18N4O3/c1-7(10(17)18-11(2,3)4)15-6-5-8(9(15)16)13-14-12/h7-8H,5-6H2,1-4H3/t7-,8?/m1/s1. The number of likely N-dealkylation sites (tertiary alicyclic amines) is 1. The molecule has 0 aromatic carbocycles. The van der Waals surface area contributed by atoms with E-state index in [2.05, 4.69) is 10.0 Å². The van der Waals surface area contributed by atoms with Gasteiger partial charge in [0.2, 0.25) is 5.91 Å². The molecule has 1 rings (SSSR count). The van der Waals surface area contributed by atoms with E-state index in [1.165, 1.54) is 4.90 Å². The summed E-state index contributed by atoms with van der Waals surface area (Å²) in [6.07, 6.45) is 0.441. The van der Waals surface area contributed by atoms with E-state index in [0.717, 1.165) is 0 Å². The fourth-order valence-corrected chi connectivity index (χ4v) is 1.75. The van der Waals surface area contributed by atoms with E-state index < -0.39 is 23.7 Å². The maximum atomic E-state index is 11.9. The van der Waals surface area contributed by atoms with Gasteiger partial charge in [-0.15, -0.1) is 0 Å². The van der Waals surface area contributed by atoms with Crippen LogP contribution in [0.15, 0.2) is 5.11 Å². The van der Waals surface area contributed by atoms with Crippen molar-refractivity contribution in [2.24, 2.45) is 5.11 Å². The first-order chi connectivity index (χ1) is 8.26. The number of azide groups is 1. The van der Waals surface area contributed by atoms with Crippen LogP contribution >= 0.6 is 0 Å². The molecule has 0 spiro atoms. The van der Waals surface area contributed by atoms with Crippen LogP contribution in [0.3, 0.4) is 0 Å². The summed E-state index contributed by atoms with van der Waals surface area (Å²) in [6.45, 7) is 7.33. The van der Waals surface area contributed by atoms with Gasteiger partial charge in [0.05, 0.1) is 0 Å². The first kappa shape index (κ1) is 14.3. The van der Waals surface area contributed by atoms with Crippen molar-refractivity contribution in [3.8, 4) is 0 Å². The highest BCUT2D eigenvalue weighted by molar-refractivity contribution is 5.89. The molecule has 1 unspecified atom stereocenters. The lowest BCUT2D eigenvalue weighted by molar-refractivity contribution is -0.163. The monoisotopic (exact) mass is 254 g/mol. The Balaban J connectivity index is 2.69. The largest absolute Gasteiger partial charge is 0.458 e. The van der Waals surface area contributed by atoms with Crippen LogP contribution in [0.5, 0.6) is 0 Å². The highest BCUT2D eigenvalue weighted by Crippen LogP contribution is 2.19. The van der Waals surface area contributed by atoms with Crippen LogP contribution in [-0.2, 0) is 14.3 Å². The molecule has 1 aliphatic heterocycles. The fourth-order valence-electron chi connectivity index (χ4n) is 1.75. The molecule has 0 radical (unpaired) electrons. The Labute approximate surface area is 106 Å². The molecule has 7 heteroatoms. The quantitative estimate of drug-likeness (QED) is 0.331. The van der Waals surface area contributed by atoms with Crippen LogP contribution < -0.4 is 0 Å². The molecule has 7 nitrogen and oxygen atoms in total. The third kappa shape index (κ3) is 3.37. The van der Waals surface area contributed by atoms with Crippen molar-refractivity contribution in [1.82, 2.24) is 4.90 Å². The second-order valence-corrected chi connectivity index (χ2v) is 5.25. The smallest absolute Gasteiger partial charge is 0.329 e. The Hall–Kier alpha value is -1.75. The molecule has 0 N–H and O–H groups in total. The number of carbonyl (C=O) groups is 2. The number of hydrogen-bond donors (Lipinski definition) is 0. The zero-order chi connectivity index (χ0) is 13.9. The number of hydrogen-bond acceptors (Lipinski definition) is 4. The molecule has 0 bridgehead atoms. The van der Waals surface area contributed by atoms with E-state index in [9.17, 15) is 9.59 Å². The van der Waals surface area contributed by atoms with Crippen LogP contribution in [-0.4, -0.2) is 41.0 Å². The lowest BCUT2D eigenvalue weighted by Crippen LogP contribution is -2.44. The SMILES string of the molecule is C[C@H](C(=O)OC(C)(C)C)N1CCC(N=[N+]=[N-])C1=O. The summed E-state index contributed by atoms with van der Waals surface area (Å²) < 4.78 is 5.22. The minimum absolute atomic E-state index is 0.314. The Bertz CT molecular complexity index is 396. The molecule has 2 atom stereocenters. The molecule has 0 saturated carbocycles. The fraction of sp³-hybridized carbons (Fsp3) is 0.818. The number of esters is 1. The summed E-state index contributed by atoms with van der Waals surface area (Å²) in [5.74, 6) is -0.761. The van der Waals surface area contributed by atoms with Gasteiger partial charge in [0.25, 0.3) is 0 Å². The predicted octanol–water partition coefficient (Wildman–Crippen LogP) is 1.63. The molecule has 1 aliphatic rings. The van der Waals surface area contributed by atoms with Gasteiger partial charge in [-0.2, -0.15) is 0 Å². The number of carbonyl (C=O) groups excluding carboxylic acids is 2. The number of nitrogens with zero attached hydrogens (tertiary/aromatic N) is 4. The average Bonchev–Trinajstić information content (AvgIpc) is 2.58. The second-order valence-electron chi connectivity index (χ2n) is 5.25. The molecule has 1 amide bonds. The minimum Gasteiger partial charge on any atom is -0.458 e. The molecule has 0 aliphatic carbocycles. The first-order valence-corrected chi connectivity index (χ1v) is 5.84. The van der Waals surface area contributed by atoms with Crippen LogP contribution in [0, 0.1) is 0 Å². The molecule has 1 fully saturated rings. The van der Waals surface area contributed by atoms with Gasteiger partial charge in [0.1, 0.15) is 17.7 Å². The van der Waals surface area contributed by atoms with Crippen LogP contribution in [0.25, 0.3) is 10.4 Å². The summed E-state index contributed by atoms with van der Waals surface area (Å²) in [6, 6.07) is -1.35. The number of rotatable bonds is 3. The topological polar surface area (TPSA) is 95.4 Å². The van der Waals surface area contributed by atoms with Crippen LogP contribution in [0.1, 0.15) is 34.1 Å². The lowest BCUT2D eigenvalue weighted by atomic mass is 10.2. The van der Waals surface area contributed by atoms with E-state index >= 15 is 0 Å². The normalized spacial score (nSPS) is 21.4. The maximum Gasteiger partial charge on any atom is 0.329 e. The highest BCUT2D eigenvalue weighted by atomic mass is 16.6. The van der Waals surface area contributed by atoms with Gasteiger partial charge in [-0.25, -0.2) is 4.79 Å². The van der Waals surface area contributed by atoms with Crippen molar-refractivity contribution in [3.05, 3.63) is 10.4 Å². The van der Waals surface area contributed by atoms with Gasteiger partial charge in [0.15, 0.2) is 0 Å². The highest BCUT2D eigenvalue weighted by Gasteiger charge is 2.37. The third-order valence-electron chi connectivity index (χ3n) is 2.62. The summed E-state index contributed by atoms with van der Waals surface area (Å²) in [4.78, 5) is 27.7. The van der Waals surface area contributed by atoms with E-state index in [1.807, 2.05) is 0 Å². The average molecular weight is 254 g/mol. The first-order valence-electron chi connectivity index (χ1n) is 5.84. The Morgan fingerprint density at radius 1 is 1.61 bits per heavy atom. The van der Waals surface area contributed by atoms with Gasteiger partial charge in [0, 0.05) is 11.5 Å². The molecule has 18 heavy (non-hydrogen) atoms. The van der Waals surface area contributed by atoms with Crippen LogP contribution in [0.4, 0.5) is 0 Å². The Morgan fingerprint density at radius 3 is 2.72 bits per heavy atom. The molecular weight excluding hydrogens is 236 g/mol.